The zero-order valence-electron chi connectivity index (χ0n) is 9.06. The van der Waals surface area contributed by atoms with Crippen LogP contribution in [0.2, 0.25) is 5.02 Å². The Morgan fingerprint density at radius 3 is 3.00 bits per heavy atom. The first-order chi connectivity index (χ1) is 8.72. The van der Waals surface area contributed by atoms with Crippen molar-refractivity contribution in [3.8, 4) is 0 Å². The molecule has 2 aliphatic heterocycles. The van der Waals surface area contributed by atoms with Crippen molar-refractivity contribution >= 4 is 40.9 Å². The summed E-state index contributed by atoms with van der Waals surface area (Å²) in [6.07, 6.45) is 6.05. The minimum absolute atomic E-state index is 0.464. The highest BCUT2D eigenvalue weighted by Gasteiger charge is 2.30. The van der Waals surface area contributed by atoms with E-state index in [1.807, 2.05) is 24.3 Å². The third-order valence-electron chi connectivity index (χ3n) is 2.36. The summed E-state index contributed by atoms with van der Waals surface area (Å²) >= 11 is 12.0. The van der Waals surface area contributed by atoms with Crippen molar-refractivity contribution in [2.45, 2.75) is 0 Å². The van der Waals surface area contributed by atoms with Crippen LogP contribution in [0.4, 0.5) is 5.69 Å². The lowest BCUT2D eigenvalue weighted by Gasteiger charge is -2.13. The lowest BCUT2D eigenvalue weighted by Crippen LogP contribution is -2.20. The molecule has 0 amide bonds. The van der Waals surface area contributed by atoms with Crippen molar-refractivity contribution in [1.82, 2.24) is 5.01 Å². The van der Waals surface area contributed by atoms with Gasteiger partial charge in [-0.2, -0.15) is 0 Å². The van der Waals surface area contributed by atoms with Gasteiger partial charge in [0, 0.05) is 21.9 Å². The Hall–Kier alpha value is -1.87. The number of amidine groups is 1. The zero-order valence-corrected chi connectivity index (χ0v) is 10.6. The molecule has 0 spiro atoms. The lowest BCUT2D eigenvalue weighted by atomic mass is 10.3. The van der Waals surface area contributed by atoms with E-state index >= 15 is 0 Å². The number of aliphatic imine (C=N–C) groups is 1. The average molecular weight is 278 g/mol. The van der Waals surface area contributed by atoms with E-state index in [1.54, 1.807) is 12.2 Å². The molecule has 0 aliphatic carbocycles. The molecule has 2 aliphatic rings. The van der Waals surface area contributed by atoms with E-state index in [0.717, 1.165) is 5.69 Å². The molecule has 18 heavy (non-hydrogen) atoms. The molecule has 0 saturated carbocycles. The smallest absolute Gasteiger partial charge is 0.308 e. The molecule has 0 radical (unpaired) electrons. The standard InChI is InChI=1S/C12H7Cl2N4/c13-8-2-1-3-9(6-8)16-11-7-10(14)18-12(17-11)4-5-15-18/h1-4,6-7H,(H,16,17)/q+1. The number of benzene rings is 1. The molecule has 4 nitrogen and oxygen atoms in total. The summed E-state index contributed by atoms with van der Waals surface area (Å²) in [5.74, 6) is 1.26. The van der Waals surface area contributed by atoms with Gasteiger partial charge in [0.25, 0.3) is 0 Å². The fourth-order valence-corrected chi connectivity index (χ4v) is 2.02. The quantitative estimate of drug-likeness (QED) is 0.632. The van der Waals surface area contributed by atoms with Gasteiger partial charge in [-0.1, -0.05) is 34.3 Å². The molecule has 0 unspecified atom stereocenters. The van der Waals surface area contributed by atoms with Gasteiger partial charge in [-0.25, -0.2) is 0 Å². The number of hydrogen-bond acceptors (Lipinski definition) is 4. The highest BCUT2D eigenvalue weighted by molar-refractivity contribution is 6.32. The van der Waals surface area contributed by atoms with Crippen LogP contribution in [0.25, 0.3) is 0 Å². The minimum Gasteiger partial charge on any atom is -0.338 e. The second kappa shape index (κ2) is 4.42. The lowest BCUT2D eigenvalue weighted by molar-refractivity contribution is 0.489. The second-order valence-corrected chi connectivity index (χ2v) is 4.47. The number of anilines is 1. The maximum absolute atomic E-state index is 6.08. The molecule has 0 atom stereocenters. The van der Waals surface area contributed by atoms with Gasteiger partial charge in [0.1, 0.15) is 0 Å². The van der Waals surface area contributed by atoms with Gasteiger partial charge in [-0.15, -0.1) is 4.99 Å². The highest BCUT2D eigenvalue weighted by Crippen LogP contribution is 2.26. The highest BCUT2D eigenvalue weighted by atomic mass is 35.5. The van der Waals surface area contributed by atoms with Crippen LogP contribution in [0.15, 0.2) is 57.5 Å². The first-order valence-corrected chi connectivity index (χ1v) is 5.93. The Morgan fingerprint density at radius 2 is 2.17 bits per heavy atom. The fraction of sp³-hybridized carbons (Fsp3) is 0. The number of nitrogens with one attached hydrogen (secondary N) is 1. The molecule has 88 valence electrons. The van der Waals surface area contributed by atoms with Crippen molar-refractivity contribution in [2.75, 3.05) is 5.32 Å². The molecule has 1 aromatic rings. The van der Waals surface area contributed by atoms with E-state index in [1.165, 1.54) is 5.01 Å². The SMILES string of the molecule is ClC1=CC(Nc2cccc(Cl)c2)=NC2=C[C+]=NN12. The van der Waals surface area contributed by atoms with E-state index in [0.29, 0.717) is 21.8 Å². The van der Waals surface area contributed by atoms with Crippen LogP contribution in [0.5, 0.6) is 0 Å². The Labute approximate surface area is 114 Å². The molecular formula is C12H7Cl2N4+. The number of fused-ring (bicyclic) bond motifs is 1. The molecule has 0 saturated heterocycles. The molecule has 1 N–H and O–H groups in total. The van der Waals surface area contributed by atoms with Gasteiger partial charge in [0.05, 0.1) is 0 Å². The molecule has 3 rings (SSSR count). The maximum atomic E-state index is 6.08. The first-order valence-electron chi connectivity index (χ1n) is 5.17. The number of allylic oxidation sites excluding steroid dienone is 1. The van der Waals surface area contributed by atoms with Crippen molar-refractivity contribution in [3.63, 3.8) is 0 Å². The van der Waals surface area contributed by atoms with Crippen LogP contribution in [-0.4, -0.2) is 17.1 Å². The van der Waals surface area contributed by atoms with Gasteiger partial charge < -0.3 is 5.32 Å². The van der Waals surface area contributed by atoms with Crippen LogP contribution in [0.3, 0.4) is 0 Å². The van der Waals surface area contributed by atoms with Crippen LogP contribution in [0.1, 0.15) is 0 Å². The predicted octanol–water partition coefficient (Wildman–Crippen LogP) is 3.26. The monoisotopic (exact) mass is 277 g/mol. The topological polar surface area (TPSA) is 40.0 Å². The van der Waals surface area contributed by atoms with E-state index in [-0.39, 0.29) is 0 Å². The van der Waals surface area contributed by atoms with E-state index in [4.69, 9.17) is 23.2 Å². The van der Waals surface area contributed by atoms with Crippen LogP contribution in [0, 0.1) is 0 Å². The molecule has 1 aromatic carbocycles. The molecule has 2 heterocycles. The first kappa shape index (κ1) is 11.2. The van der Waals surface area contributed by atoms with Gasteiger partial charge in [-0.05, 0) is 18.2 Å². The largest absolute Gasteiger partial charge is 0.338 e. The van der Waals surface area contributed by atoms with Crippen molar-refractivity contribution in [2.24, 2.45) is 10.1 Å². The second-order valence-electron chi connectivity index (χ2n) is 3.64. The van der Waals surface area contributed by atoms with Gasteiger partial charge >= 0.3 is 5.82 Å². The van der Waals surface area contributed by atoms with Crippen LogP contribution >= 0.6 is 23.2 Å². The Balaban J connectivity index is 1.86. The molecule has 6 heteroatoms. The molecule has 0 aromatic heterocycles. The molecular weight excluding hydrogens is 271 g/mol. The normalized spacial score (nSPS) is 16.6. The Bertz CT molecular complexity index is 616. The number of hydrazone groups is 1. The molecule has 0 fully saturated rings. The Kier molecular flexibility index (Phi) is 2.76. The van der Waals surface area contributed by atoms with Crippen LogP contribution < -0.4 is 5.32 Å². The third-order valence-corrected chi connectivity index (χ3v) is 2.86. The van der Waals surface area contributed by atoms with Gasteiger partial charge in [0.15, 0.2) is 11.0 Å². The third kappa shape index (κ3) is 2.09. The summed E-state index contributed by atoms with van der Waals surface area (Å²) in [5, 5.41) is 9.69. The zero-order chi connectivity index (χ0) is 12.5. The number of nitrogens with zero attached hydrogens (tertiary/aromatic N) is 3. The van der Waals surface area contributed by atoms with Gasteiger partial charge in [0.2, 0.25) is 12.3 Å². The number of hydrogen-bond donors (Lipinski definition) is 1. The maximum Gasteiger partial charge on any atom is 0.308 e. The van der Waals surface area contributed by atoms with Crippen molar-refractivity contribution in [3.05, 3.63) is 52.4 Å². The van der Waals surface area contributed by atoms with E-state index in [9.17, 15) is 0 Å². The minimum atomic E-state index is 0.464. The van der Waals surface area contributed by atoms with Crippen molar-refractivity contribution in [1.29, 1.82) is 0 Å². The van der Waals surface area contributed by atoms with E-state index in [2.05, 4.69) is 21.6 Å². The number of halogens is 2. The summed E-state index contributed by atoms with van der Waals surface area (Å²) in [6.45, 7) is 0. The van der Waals surface area contributed by atoms with Crippen LogP contribution in [-0.2, 0) is 0 Å². The molecule has 0 bridgehead atoms. The summed E-state index contributed by atoms with van der Waals surface area (Å²) in [5.41, 5.74) is 0.846. The van der Waals surface area contributed by atoms with Gasteiger partial charge in [-0.3, -0.25) is 0 Å². The summed E-state index contributed by atoms with van der Waals surface area (Å²) in [7, 11) is 0. The summed E-state index contributed by atoms with van der Waals surface area (Å²) in [4.78, 5) is 4.35. The predicted molar refractivity (Wildman–Crippen MR) is 73.8 cm³/mol. The average Bonchev–Trinajstić information content (AvgIpc) is 2.77. The van der Waals surface area contributed by atoms with E-state index < -0.39 is 0 Å². The van der Waals surface area contributed by atoms with Crippen molar-refractivity contribution < 1.29 is 0 Å². The number of rotatable bonds is 1. The Morgan fingerprint density at radius 1 is 1.28 bits per heavy atom. The summed E-state index contributed by atoms with van der Waals surface area (Å²) in [6, 6.07) is 7.37. The fourth-order valence-electron chi connectivity index (χ4n) is 1.60. The summed E-state index contributed by atoms with van der Waals surface area (Å²) < 4.78 is 0.